The molecule has 0 aliphatic heterocycles. The molecule has 0 aliphatic rings. The molecule has 20 heavy (non-hydrogen) atoms. The topological polar surface area (TPSA) is 66.9 Å². The zero-order chi connectivity index (χ0) is 15.6. The largest absolute Gasteiger partial charge is 0.365 e. The lowest BCUT2D eigenvalue weighted by Crippen LogP contribution is -2.36. The highest BCUT2D eigenvalue weighted by molar-refractivity contribution is 5.36. The van der Waals surface area contributed by atoms with Crippen LogP contribution in [0.3, 0.4) is 0 Å². The van der Waals surface area contributed by atoms with E-state index in [0.29, 0.717) is 11.9 Å². The molecule has 0 saturated carbocycles. The Morgan fingerprint density at radius 3 is 2.45 bits per heavy atom. The zero-order valence-corrected chi connectivity index (χ0v) is 11.8. The number of benzene rings is 1. The van der Waals surface area contributed by atoms with Crippen LogP contribution >= 0.6 is 0 Å². The molecular formula is C15H19N3O2. The normalized spacial score (nSPS) is 13.1. The van der Waals surface area contributed by atoms with Gasteiger partial charge in [0.25, 0.3) is 5.56 Å². The number of nitrogens with zero attached hydrogens (tertiary/aromatic N) is 1. The molecule has 1 atom stereocenters. The van der Waals surface area contributed by atoms with Gasteiger partial charge in [0, 0.05) is 18.2 Å². The number of hydrogen-bond acceptors (Lipinski definition) is 3. The summed E-state index contributed by atoms with van der Waals surface area (Å²) in [6.07, 6.45) is 0. The maximum absolute atomic E-state index is 11.9. The first-order valence-corrected chi connectivity index (χ1v) is 6.57. The van der Waals surface area contributed by atoms with Gasteiger partial charge in [0.05, 0.1) is 1.37 Å². The molecule has 2 aromatic rings. The first kappa shape index (κ1) is 12.7. The minimum absolute atomic E-state index is 0.0875. The fraction of sp³-hybridized carbons (Fsp3) is 0.333. The van der Waals surface area contributed by atoms with Crippen LogP contribution in [-0.2, 0) is 0 Å². The van der Waals surface area contributed by atoms with Gasteiger partial charge in [-0.3, -0.25) is 14.3 Å². The number of anilines is 1. The molecule has 0 unspecified atom stereocenters. The number of aromatic amines is 1. The predicted octanol–water partition coefficient (Wildman–Crippen LogP) is 2.29. The monoisotopic (exact) mass is 274 g/mol. The van der Waals surface area contributed by atoms with E-state index in [2.05, 4.69) is 10.3 Å². The standard InChI is InChI=1S/C15H19N3O2/c1-10(2)18-14(19)9-13(17-15(18)20)16-11(3)12-7-5-4-6-8-12/h4-11,16H,1-3H3,(H,17,20)/t11-/m0/s1/i4D. The minimum atomic E-state index is -0.422. The lowest BCUT2D eigenvalue weighted by molar-refractivity contribution is 0.546. The number of aromatic nitrogens is 2. The molecule has 0 bridgehead atoms. The summed E-state index contributed by atoms with van der Waals surface area (Å²) < 4.78 is 8.63. The fourth-order valence-corrected chi connectivity index (χ4v) is 2.08. The highest BCUT2D eigenvalue weighted by Crippen LogP contribution is 2.15. The van der Waals surface area contributed by atoms with Crippen molar-refractivity contribution in [3.63, 3.8) is 0 Å². The molecular weight excluding hydrogens is 254 g/mol. The Bertz CT molecular complexity index is 701. The van der Waals surface area contributed by atoms with Crippen molar-refractivity contribution in [2.24, 2.45) is 0 Å². The number of hydrogen-bond donors (Lipinski definition) is 2. The third-order valence-electron chi connectivity index (χ3n) is 3.10. The third-order valence-corrected chi connectivity index (χ3v) is 3.10. The lowest BCUT2D eigenvalue weighted by Gasteiger charge is -2.16. The fourth-order valence-electron chi connectivity index (χ4n) is 2.08. The average molecular weight is 274 g/mol. The van der Waals surface area contributed by atoms with Crippen LogP contribution in [0.1, 0.15) is 39.8 Å². The van der Waals surface area contributed by atoms with Gasteiger partial charge < -0.3 is 5.32 Å². The van der Waals surface area contributed by atoms with Crippen molar-refractivity contribution < 1.29 is 1.37 Å². The molecule has 0 spiro atoms. The van der Waals surface area contributed by atoms with Crippen LogP contribution < -0.4 is 16.6 Å². The van der Waals surface area contributed by atoms with Gasteiger partial charge in [-0.2, -0.15) is 0 Å². The molecule has 0 radical (unpaired) electrons. The first-order chi connectivity index (χ1) is 9.88. The molecule has 1 aromatic heterocycles. The molecule has 5 nitrogen and oxygen atoms in total. The molecule has 0 saturated heterocycles. The summed E-state index contributed by atoms with van der Waals surface area (Å²) in [7, 11) is 0. The van der Waals surface area contributed by atoms with Crippen LogP contribution in [0.15, 0.2) is 46.0 Å². The zero-order valence-electron chi connectivity index (χ0n) is 12.8. The van der Waals surface area contributed by atoms with E-state index in [0.717, 1.165) is 5.56 Å². The van der Waals surface area contributed by atoms with Crippen LogP contribution in [-0.4, -0.2) is 9.55 Å². The number of H-pyrrole nitrogens is 1. The molecule has 1 heterocycles. The third kappa shape index (κ3) is 2.99. The Kier molecular flexibility index (Phi) is 3.67. The highest BCUT2D eigenvalue weighted by atomic mass is 16.2. The van der Waals surface area contributed by atoms with E-state index < -0.39 is 5.69 Å². The van der Waals surface area contributed by atoms with Crippen LogP contribution in [0, 0.1) is 0 Å². The van der Waals surface area contributed by atoms with Gasteiger partial charge >= 0.3 is 5.69 Å². The van der Waals surface area contributed by atoms with Crippen molar-refractivity contribution >= 4 is 5.82 Å². The minimum Gasteiger partial charge on any atom is -0.365 e. The SMILES string of the molecule is [2H]c1ccc([C@H](C)Nc2cc(=O)n(C(C)C)c(=O)[nH]2)cc1. The summed E-state index contributed by atoms with van der Waals surface area (Å²) >= 11 is 0. The van der Waals surface area contributed by atoms with Gasteiger partial charge in [0.2, 0.25) is 0 Å². The molecule has 2 N–H and O–H groups in total. The summed E-state index contributed by atoms with van der Waals surface area (Å²) in [6.45, 7) is 5.49. The average Bonchev–Trinajstić information content (AvgIpc) is 2.37. The molecule has 0 aliphatic carbocycles. The van der Waals surface area contributed by atoms with Crippen LogP contribution in [0.25, 0.3) is 0 Å². The second-order valence-electron chi connectivity index (χ2n) is 4.99. The van der Waals surface area contributed by atoms with Gasteiger partial charge in [-0.15, -0.1) is 0 Å². The van der Waals surface area contributed by atoms with Crippen LogP contribution in [0.4, 0.5) is 5.82 Å². The number of rotatable bonds is 4. The summed E-state index contributed by atoms with van der Waals surface area (Å²) in [5.74, 6) is 0.393. The molecule has 0 amide bonds. The quantitative estimate of drug-likeness (QED) is 0.899. The van der Waals surface area contributed by atoms with Crippen LogP contribution in [0.5, 0.6) is 0 Å². The second-order valence-corrected chi connectivity index (χ2v) is 4.99. The van der Waals surface area contributed by atoms with Gasteiger partial charge in [-0.25, -0.2) is 4.79 Å². The highest BCUT2D eigenvalue weighted by Gasteiger charge is 2.10. The molecule has 1 aromatic carbocycles. The van der Waals surface area contributed by atoms with E-state index in [1.54, 1.807) is 26.0 Å². The number of nitrogens with one attached hydrogen (secondary N) is 2. The van der Waals surface area contributed by atoms with E-state index in [1.807, 2.05) is 19.1 Å². The lowest BCUT2D eigenvalue weighted by atomic mass is 10.1. The Hall–Kier alpha value is -2.30. The maximum Gasteiger partial charge on any atom is 0.330 e. The Labute approximate surface area is 118 Å². The van der Waals surface area contributed by atoms with Gasteiger partial charge in [-0.05, 0) is 26.3 Å². The summed E-state index contributed by atoms with van der Waals surface area (Å²) in [4.78, 5) is 26.5. The summed E-state index contributed by atoms with van der Waals surface area (Å²) in [6, 6.07) is 8.64. The Morgan fingerprint density at radius 2 is 1.90 bits per heavy atom. The van der Waals surface area contributed by atoms with E-state index in [1.165, 1.54) is 10.6 Å². The first-order valence-electron chi connectivity index (χ1n) is 7.07. The van der Waals surface area contributed by atoms with Gasteiger partial charge in [0.15, 0.2) is 0 Å². The molecule has 2 rings (SSSR count). The maximum atomic E-state index is 11.9. The van der Waals surface area contributed by atoms with Crippen molar-refractivity contribution in [2.45, 2.75) is 32.9 Å². The second kappa shape index (κ2) is 5.77. The molecule has 5 heteroatoms. The predicted molar refractivity (Wildman–Crippen MR) is 80.2 cm³/mol. The van der Waals surface area contributed by atoms with E-state index >= 15 is 0 Å². The van der Waals surface area contributed by atoms with E-state index in [9.17, 15) is 9.59 Å². The van der Waals surface area contributed by atoms with Crippen molar-refractivity contribution in [1.29, 1.82) is 0 Å². The van der Waals surface area contributed by atoms with Crippen molar-refractivity contribution in [1.82, 2.24) is 9.55 Å². The van der Waals surface area contributed by atoms with E-state index in [-0.39, 0.29) is 17.6 Å². The van der Waals surface area contributed by atoms with Gasteiger partial charge in [0.1, 0.15) is 5.82 Å². The van der Waals surface area contributed by atoms with Crippen molar-refractivity contribution in [3.05, 3.63) is 62.8 Å². The summed E-state index contributed by atoms with van der Waals surface area (Å²) in [5, 5.41) is 3.10. The molecule has 0 fully saturated rings. The smallest absolute Gasteiger partial charge is 0.330 e. The Morgan fingerprint density at radius 1 is 1.25 bits per heavy atom. The van der Waals surface area contributed by atoms with E-state index in [4.69, 9.17) is 1.37 Å². The Balaban J connectivity index is 2.26. The molecule has 106 valence electrons. The van der Waals surface area contributed by atoms with Gasteiger partial charge in [-0.1, -0.05) is 30.3 Å². The van der Waals surface area contributed by atoms with Crippen molar-refractivity contribution in [3.8, 4) is 0 Å². The van der Waals surface area contributed by atoms with Crippen LogP contribution in [0.2, 0.25) is 0 Å². The summed E-state index contributed by atoms with van der Waals surface area (Å²) in [5.41, 5.74) is 0.221. The van der Waals surface area contributed by atoms with Crippen molar-refractivity contribution in [2.75, 3.05) is 5.32 Å².